The monoisotopic (exact) mass is 167 g/mol. The van der Waals surface area contributed by atoms with Crippen LogP contribution < -0.4 is 15.6 Å². The molecule has 0 aromatic heterocycles. The summed E-state index contributed by atoms with van der Waals surface area (Å²) in [5, 5.41) is 4.69. The van der Waals surface area contributed by atoms with Crippen LogP contribution in [0, 0.1) is 0 Å². The Bertz CT molecular complexity index is 177. The molecule has 0 amide bonds. The fraction of sp³-hybridized carbons (Fsp3) is 1.00. The van der Waals surface area contributed by atoms with Crippen LogP contribution in [0.3, 0.4) is 0 Å². The first-order chi connectivity index (χ1) is 4.45. The van der Waals surface area contributed by atoms with E-state index in [0.29, 0.717) is 13.0 Å². The van der Waals surface area contributed by atoms with Crippen LogP contribution in [0.2, 0.25) is 0 Å². The first-order valence-corrected chi connectivity index (χ1v) is 4.50. The van der Waals surface area contributed by atoms with Crippen LogP contribution in [-0.2, 0) is 10.2 Å². The lowest BCUT2D eigenvalue weighted by Gasteiger charge is -2.08. The highest BCUT2D eigenvalue weighted by Crippen LogP contribution is 1.87. The quantitative estimate of drug-likeness (QED) is 0.476. The minimum atomic E-state index is -3.55. The van der Waals surface area contributed by atoms with Crippen LogP contribution in [0.25, 0.3) is 0 Å². The third-order valence-electron chi connectivity index (χ3n) is 0.965. The molecule has 5 nitrogen and oxygen atoms in total. The first kappa shape index (κ1) is 9.83. The Morgan fingerprint density at radius 2 is 2.10 bits per heavy atom. The van der Waals surface area contributed by atoms with Gasteiger partial charge in [-0.15, -0.1) is 0 Å². The lowest BCUT2D eigenvalue weighted by molar-refractivity contribution is 0.551. The van der Waals surface area contributed by atoms with Crippen molar-refractivity contribution in [3.63, 3.8) is 0 Å². The van der Waals surface area contributed by atoms with Crippen LogP contribution in [-0.4, -0.2) is 21.0 Å². The molecule has 0 aliphatic carbocycles. The topological polar surface area (TPSA) is 98.2 Å². The highest BCUT2D eigenvalue weighted by molar-refractivity contribution is 7.87. The van der Waals surface area contributed by atoms with Crippen molar-refractivity contribution in [3.8, 4) is 0 Å². The molecular weight excluding hydrogens is 154 g/mol. The Hall–Kier alpha value is -0.170. The zero-order valence-electron chi connectivity index (χ0n) is 5.87. The molecule has 0 bridgehead atoms. The maximum atomic E-state index is 10.3. The second kappa shape index (κ2) is 3.87. The zero-order valence-corrected chi connectivity index (χ0v) is 6.69. The molecule has 0 aliphatic heterocycles. The number of rotatable bonds is 4. The van der Waals surface area contributed by atoms with Gasteiger partial charge >= 0.3 is 0 Å². The molecule has 0 radical (unpaired) electrons. The molecule has 0 aliphatic rings. The average molecular weight is 167 g/mol. The zero-order chi connectivity index (χ0) is 8.20. The molecule has 0 aromatic rings. The smallest absolute Gasteiger partial charge is 0.274 e. The fourth-order valence-electron chi connectivity index (χ4n) is 0.589. The van der Waals surface area contributed by atoms with Gasteiger partial charge in [-0.1, -0.05) is 0 Å². The van der Waals surface area contributed by atoms with Crippen molar-refractivity contribution in [2.75, 3.05) is 6.54 Å². The van der Waals surface area contributed by atoms with E-state index in [9.17, 15) is 8.42 Å². The molecule has 0 heterocycles. The highest BCUT2D eigenvalue weighted by Gasteiger charge is 2.06. The van der Waals surface area contributed by atoms with Gasteiger partial charge < -0.3 is 5.73 Å². The van der Waals surface area contributed by atoms with Gasteiger partial charge in [0.2, 0.25) is 0 Å². The van der Waals surface area contributed by atoms with Gasteiger partial charge in [0.15, 0.2) is 0 Å². The van der Waals surface area contributed by atoms with Crippen molar-refractivity contribution in [2.45, 2.75) is 19.4 Å². The van der Waals surface area contributed by atoms with Gasteiger partial charge in [-0.2, -0.15) is 13.1 Å². The van der Waals surface area contributed by atoms with Gasteiger partial charge in [0, 0.05) is 6.04 Å². The molecule has 0 saturated heterocycles. The average Bonchev–Trinajstić information content (AvgIpc) is 1.59. The Balaban J connectivity index is 3.69. The maximum absolute atomic E-state index is 10.3. The Morgan fingerprint density at radius 1 is 1.60 bits per heavy atom. The summed E-state index contributed by atoms with van der Waals surface area (Å²) < 4.78 is 22.9. The number of nitrogens with one attached hydrogen (secondary N) is 1. The molecule has 0 rings (SSSR count). The van der Waals surface area contributed by atoms with Crippen LogP contribution in [0.15, 0.2) is 0 Å². The van der Waals surface area contributed by atoms with E-state index < -0.39 is 10.2 Å². The summed E-state index contributed by atoms with van der Waals surface area (Å²) in [5.74, 6) is 0. The summed E-state index contributed by atoms with van der Waals surface area (Å²) in [7, 11) is -3.55. The molecule has 6 heteroatoms. The maximum Gasteiger partial charge on any atom is 0.274 e. The summed E-state index contributed by atoms with van der Waals surface area (Å²) in [4.78, 5) is 0. The summed E-state index contributed by atoms with van der Waals surface area (Å²) in [6.07, 6.45) is 0.594. The van der Waals surface area contributed by atoms with Crippen LogP contribution in [0.1, 0.15) is 13.3 Å². The van der Waals surface area contributed by atoms with Gasteiger partial charge in [-0.05, 0) is 19.9 Å². The lowest BCUT2D eigenvalue weighted by atomic mass is 10.3. The van der Waals surface area contributed by atoms with E-state index in [2.05, 4.69) is 9.86 Å². The Kier molecular flexibility index (Phi) is 3.80. The third-order valence-corrected chi connectivity index (χ3v) is 1.70. The summed E-state index contributed by atoms with van der Waals surface area (Å²) >= 11 is 0. The Labute approximate surface area is 61.0 Å². The van der Waals surface area contributed by atoms with Crippen molar-refractivity contribution in [1.29, 1.82) is 0 Å². The lowest BCUT2D eigenvalue weighted by Crippen LogP contribution is -2.38. The van der Waals surface area contributed by atoms with Crippen LogP contribution >= 0.6 is 0 Å². The van der Waals surface area contributed by atoms with E-state index in [1.165, 1.54) is 0 Å². The third kappa shape index (κ3) is 5.96. The first-order valence-electron chi connectivity index (χ1n) is 2.96. The predicted octanol–water partition coefficient (Wildman–Crippen LogP) is -1.48. The van der Waals surface area contributed by atoms with E-state index >= 15 is 0 Å². The van der Waals surface area contributed by atoms with E-state index in [1.807, 2.05) is 0 Å². The van der Waals surface area contributed by atoms with Gasteiger partial charge in [0.25, 0.3) is 10.2 Å². The molecule has 0 spiro atoms. The summed E-state index contributed by atoms with van der Waals surface area (Å²) in [6, 6.07) is -0.181. The van der Waals surface area contributed by atoms with E-state index in [0.717, 1.165) is 0 Å². The van der Waals surface area contributed by atoms with Crippen molar-refractivity contribution < 1.29 is 8.42 Å². The van der Waals surface area contributed by atoms with Crippen LogP contribution in [0.5, 0.6) is 0 Å². The molecule has 5 N–H and O–H groups in total. The number of nitrogens with two attached hydrogens (primary N) is 2. The SMILES string of the molecule is CC(CCN)NS(N)(=O)=O. The van der Waals surface area contributed by atoms with Crippen molar-refractivity contribution >= 4 is 10.2 Å². The molecular formula is C4H13N3O2S. The van der Waals surface area contributed by atoms with Gasteiger partial charge in [-0.3, -0.25) is 0 Å². The standard InChI is InChI=1S/C4H13N3O2S/c1-4(2-3-5)7-10(6,8)9/h4,7H,2-3,5H2,1H3,(H2,6,8,9). The van der Waals surface area contributed by atoms with Crippen LogP contribution in [0.4, 0.5) is 0 Å². The molecule has 1 unspecified atom stereocenters. The molecule has 0 fully saturated rings. The predicted molar refractivity (Wildman–Crippen MR) is 39.4 cm³/mol. The molecule has 10 heavy (non-hydrogen) atoms. The highest BCUT2D eigenvalue weighted by atomic mass is 32.2. The minimum Gasteiger partial charge on any atom is -0.330 e. The minimum absolute atomic E-state index is 0.181. The van der Waals surface area contributed by atoms with Gasteiger partial charge in [0.1, 0.15) is 0 Å². The molecule has 0 aromatic carbocycles. The normalized spacial score (nSPS) is 15.1. The summed E-state index contributed by atoms with van der Waals surface area (Å²) in [6.45, 7) is 2.15. The second-order valence-electron chi connectivity index (χ2n) is 2.14. The largest absolute Gasteiger partial charge is 0.330 e. The molecule has 62 valence electrons. The van der Waals surface area contributed by atoms with E-state index in [1.54, 1.807) is 6.92 Å². The number of hydrogen-bond acceptors (Lipinski definition) is 3. The number of hydrogen-bond donors (Lipinski definition) is 3. The van der Waals surface area contributed by atoms with E-state index in [4.69, 9.17) is 5.73 Å². The Morgan fingerprint density at radius 3 is 2.40 bits per heavy atom. The van der Waals surface area contributed by atoms with E-state index in [-0.39, 0.29) is 6.04 Å². The summed E-state index contributed by atoms with van der Waals surface area (Å²) in [5.41, 5.74) is 5.17. The van der Waals surface area contributed by atoms with Crippen molar-refractivity contribution in [2.24, 2.45) is 10.9 Å². The van der Waals surface area contributed by atoms with Crippen molar-refractivity contribution in [1.82, 2.24) is 4.72 Å². The van der Waals surface area contributed by atoms with Gasteiger partial charge in [-0.25, -0.2) is 5.14 Å². The molecule has 1 atom stereocenters. The molecule has 0 saturated carbocycles. The van der Waals surface area contributed by atoms with Gasteiger partial charge in [0.05, 0.1) is 0 Å². The second-order valence-corrected chi connectivity index (χ2v) is 3.47. The fourth-order valence-corrected chi connectivity index (χ4v) is 1.27. The van der Waals surface area contributed by atoms with Crippen molar-refractivity contribution in [3.05, 3.63) is 0 Å².